The van der Waals surface area contributed by atoms with Gasteiger partial charge in [-0.15, -0.1) is 11.8 Å². The topological polar surface area (TPSA) is 144 Å². The molecule has 3 fully saturated rings. The van der Waals surface area contributed by atoms with Gasteiger partial charge in [0.05, 0.1) is 45.3 Å². The number of rotatable bonds is 14. The lowest BCUT2D eigenvalue weighted by molar-refractivity contribution is -0.243. The Morgan fingerprint density at radius 3 is 2.43 bits per heavy atom. The van der Waals surface area contributed by atoms with Gasteiger partial charge in [-0.2, -0.15) is 0 Å². The molecule has 3 aliphatic carbocycles. The van der Waals surface area contributed by atoms with Crippen molar-refractivity contribution < 1.29 is 48.0 Å². The van der Waals surface area contributed by atoms with Crippen LogP contribution < -0.4 is 0 Å². The van der Waals surface area contributed by atoms with Crippen molar-refractivity contribution in [2.24, 2.45) is 28.1 Å². The summed E-state index contributed by atoms with van der Waals surface area (Å²) < 4.78 is 29.2. The van der Waals surface area contributed by atoms with Crippen molar-refractivity contribution in [2.75, 3.05) is 74.5 Å². The average molecular weight is 914 g/mol. The lowest BCUT2D eigenvalue weighted by atomic mass is 9.47. The van der Waals surface area contributed by atoms with Crippen molar-refractivity contribution in [1.82, 2.24) is 14.7 Å². The molecule has 4 aliphatic heterocycles. The van der Waals surface area contributed by atoms with Crippen LogP contribution >= 0.6 is 11.8 Å². The number of methoxy groups -OCH3 is 4. The summed E-state index contributed by atoms with van der Waals surface area (Å²) in [5.41, 5.74) is 1.88. The molecule has 0 bridgehead atoms. The zero-order valence-electron chi connectivity index (χ0n) is 39.7. The maximum absolute atomic E-state index is 15.6. The third kappa shape index (κ3) is 7.09. The number of likely N-dealkylation sites (tertiary alicyclic amines) is 1. The minimum Gasteiger partial charge on any atom is -0.469 e. The molecule has 1 N–H and O–H groups in total. The first-order chi connectivity index (χ1) is 31.0. The van der Waals surface area contributed by atoms with E-state index in [9.17, 15) is 19.5 Å². The first kappa shape index (κ1) is 47.3. The van der Waals surface area contributed by atoms with Gasteiger partial charge in [0.15, 0.2) is 6.10 Å². The van der Waals surface area contributed by atoms with E-state index in [-0.39, 0.29) is 23.9 Å². The fourth-order valence-electron chi connectivity index (χ4n) is 13.9. The minimum absolute atomic E-state index is 0.00326. The Morgan fingerprint density at radius 2 is 1.77 bits per heavy atom. The molecule has 352 valence electrons. The predicted molar refractivity (Wildman–Crippen MR) is 247 cm³/mol. The standard InChI is InChI=1S/C51H67N3O10S/c1-11-32-22-33(29-52(5)28-32)27-50(46(57)62-9,37-23-34-14-15-35(24-36(34)30(37)3)65-21-16-42(56)61-8)39-25-38-40(26-41(39)60-7)53(6)44-49(38)18-20-54-19-13-17-48(12-2,43(49)54)45(64-31(4)55)51(44,59)47(58)63-10/h13-15,17,22,24-26,33,39,41,43-45,59H,11-12,16,18-21,23,27-29H2,1-10H3/t33-,39?,41?,43+,44-,45-,48-,49-,50-,51+/m1/s1. The van der Waals surface area contributed by atoms with E-state index in [0.29, 0.717) is 50.9 Å². The van der Waals surface area contributed by atoms with Crippen LogP contribution in [0.15, 0.2) is 75.9 Å². The van der Waals surface area contributed by atoms with Crippen molar-refractivity contribution >= 4 is 41.2 Å². The number of thioether (sulfide) groups is 1. The molecule has 2 saturated heterocycles. The molecule has 14 heteroatoms. The lowest BCUT2D eigenvalue weighted by Gasteiger charge is -2.63. The highest BCUT2D eigenvalue weighted by Crippen LogP contribution is 2.70. The summed E-state index contributed by atoms with van der Waals surface area (Å²) in [6, 6.07) is 5.22. The maximum atomic E-state index is 15.6. The highest BCUT2D eigenvalue weighted by molar-refractivity contribution is 7.99. The molecule has 1 aromatic rings. The number of allylic oxidation sites excluding steroid dienone is 2. The summed E-state index contributed by atoms with van der Waals surface area (Å²) in [6.45, 7) is 10.6. The summed E-state index contributed by atoms with van der Waals surface area (Å²) in [5.74, 6) is -2.06. The second-order valence-corrected chi connectivity index (χ2v) is 20.5. The first-order valence-corrected chi connectivity index (χ1v) is 24.1. The molecule has 13 nitrogen and oxygen atoms in total. The number of hydrogen-bond acceptors (Lipinski definition) is 14. The second-order valence-electron chi connectivity index (χ2n) is 19.3. The smallest absolute Gasteiger partial charge is 0.344 e. The second kappa shape index (κ2) is 17.8. The van der Waals surface area contributed by atoms with Crippen LogP contribution in [-0.2, 0) is 49.3 Å². The minimum atomic E-state index is -2.29. The number of aliphatic hydroxyl groups is 1. The van der Waals surface area contributed by atoms with Crippen LogP contribution in [0.2, 0.25) is 0 Å². The molecular weight excluding hydrogens is 847 g/mol. The van der Waals surface area contributed by atoms with Gasteiger partial charge in [-0.25, -0.2) is 4.79 Å². The largest absolute Gasteiger partial charge is 0.469 e. The van der Waals surface area contributed by atoms with E-state index < -0.39 is 58.0 Å². The van der Waals surface area contributed by atoms with Gasteiger partial charge in [-0.1, -0.05) is 49.8 Å². The summed E-state index contributed by atoms with van der Waals surface area (Å²) in [5, 5.41) is 13.4. The summed E-state index contributed by atoms with van der Waals surface area (Å²) in [4.78, 5) is 62.9. The van der Waals surface area contributed by atoms with Gasteiger partial charge in [0.1, 0.15) is 0 Å². The van der Waals surface area contributed by atoms with Crippen LogP contribution in [0.1, 0.15) is 70.9 Å². The predicted octanol–water partition coefficient (Wildman–Crippen LogP) is 5.76. The van der Waals surface area contributed by atoms with Gasteiger partial charge < -0.3 is 38.6 Å². The molecule has 8 rings (SSSR count). The molecule has 1 spiro atoms. The van der Waals surface area contributed by atoms with Crippen LogP contribution in [0.3, 0.4) is 0 Å². The highest BCUT2D eigenvalue weighted by Gasteiger charge is 2.81. The van der Waals surface area contributed by atoms with Crippen molar-refractivity contribution in [3.05, 3.63) is 82.1 Å². The fraction of sp³-hybridized carbons (Fsp3) is 0.608. The molecular formula is C51H67N3O10S. The number of esters is 4. The van der Waals surface area contributed by atoms with E-state index in [2.05, 4.69) is 79.3 Å². The molecule has 2 unspecified atom stereocenters. The van der Waals surface area contributed by atoms with E-state index in [0.717, 1.165) is 57.9 Å². The van der Waals surface area contributed by atoms with Gasteiger partial charge >= 0.3 is 23.9 Å². The van der Waals surface area contributed by atoms with Gasteiger partial charge in [0.2, 0.25) is 5.60 Å². The van der Waals surface area contributed by atoms with E-state index in [4.69, 9.17) is 23.7 Å². The molecule has 1 aromatic carbocycles. The molecule has 7 aliphatic rings. The van der Waals surface area contributed by atoms with Crippen molar-refractivity contribution in [2.45, 2.75) is 101 Å². The zero-order valence-corrected chi connectivity index (χ0v) is 40.5. The fourth-order valence-corrected chi connectivity index (χ4v) is 14.8. The monoisotopic (exact) mass is 913 g/mol. The number of nitrogens with zero attached hydrogens (tertiary/aromatic N) is 3. The summed E-state index contributed by atoms with van der Waals surface area (Å²) in [6.07, 6.45) is 12.2. The van der Waals surface area contributed by atoms with Crippen LogP contribution in [0, 0.1) is 28.1 Å². The van der Waals surface area contributed by atoms with Crippen LogP contribution in [0.4, 0.5) is 0 Å². The Morgan fingerprint density at radius 1 is 1.00 bits per heavy atom. The average Bonchev–Trinajstić information content (AvgIpc) is 3.94. The van der Waals surface area contributed by atoms with E-state index >= 15 is 4.79 Å². The number of fused-ring (bicyclic) bond motifs is 2. The number of benzene rings is 1. The van der Waals surface area contributed by atoms with Crippen LogP contribution in [0.5, 0.6) is 0 Å². The molecule has 1 saturated carbocycles. The third-order valence-corrected chi connectivity index (χ3v) is 17.3. The van der Waals surface area contributed by atoms with Crippen molar-refractivity contribution in [3.63, 3.8) is 0 Å². The number of likely N-dealkylation sites (N-methyl/N-ethyl adjacent to an activating group) is 2. The van der Waals surface area contributed by atoms with E-state index in [1.54, 1.807) is 18.9 Å². The Bertz CT molecular complexity index is 2290. The molecule has 65 heavy (non-hydrogen) atoms. The number of carbonyl (C=O) groups is 4. The quantitative estimate of drug-likeness (QED) is 0.105. The first-order valence-electron chi connectivity index (χ1n) is 23.2. The molecule has 4 heterocycles. The van der Waals surface area contributed by atoms with Gasteiger partial charge in [-0.05, 0) is 105 Å². The molecule has 0 radical (unpaired) electrons. The SMILES string of the molecule is CCC1=C[C@H](C[C@@](C(=O)OC)(C2=C(C)c3cc(SCCC(=O)OC)ccc3C2)C2C=C3C(=CC2OC)N(C)[C@H]2[C@@](O)(C(=O)OC)[C@H](OC(C)=O)[C@]4(CC)C=CCN5CC[C@]32[C@@H]54)CN(C)C1. The zero-order chi connectivity index (χ0) is 46.8. The Balaban J connectivity index is 1.37. The van der Waals surface area contributed by atoms with Gasteiger partial charge in [0.25, 0.3) is 0 Å². The number of ether oxygens (including phenoxy) is 5. The van der Waals surface area contributed by atoms with Crippen molar-refractivity contribution in [3.8, 4) is 0 Å². The molecule has 0 amide bonds. The molecule has 0 aromatic heterocycles. The Labute approximate surface area is 388 Å². The van der Waals surface area contributed by atoms with Crippen LogP contribution in [0.25, 0.3) is 5.57 Å². The molecule has 10 atom stereocenters. The Hall–Kier alpha value is -4.21. The number of carbonyl (C=O) groups excluding carboxylic acids is 4. The summed E-state index contributed by atoms with van der Waals surface area (Å²) in [7, 11) is 9.85. The maximum Gasteiger partial charge on any atom is 0.344 e. The van der Waals surface area contributed by atoms with Gasteiger partial charge in [-0.3, -0.25) is 19.3 Å². The number of hydrogen-bond donors (Lipinski definition) is 1. The highest BCUT2D eigenvalue weighted by atomic mass is 32.2. The van der Waals surface area contributed by atoms with Crippen LogP contribution in [-0.4, -0.2) is 148 Å². The van der Waals surface area contributed by atoms with E-state index in [1.807, 2.05) is 18.9 Å². The van der Waals surface area contributed by atoms with Crippen molar-refractivity contribution in [1.29, 1.82) is 0 Å². The Kier molecular flexibility index (Phi) is 12.9. The summed E-state index contributed by atoms with van der Waals surface area (Å²) >= 11 is 1.60. The lowest BCUT2D eigenvalue weighted by Crippen LogP contribution is -2.79. The van der Waals surface area contributed by atoms with Gasteiger partial charge in [0, 0.05) is 79.9 Å². The normalized spacial score (nSPS) is 33.5. The van der Waals surface area contributed by atoms with E-state index in [1.165, 1.54) is 33.8 Å². The third-order valence-electron chi connectivity index (χ3n) is 16.3.